The fourth-order valence-electron chi connectivity index (χ4n) is 3.97. The normalized spacial score (nSPS) is 21.0. The number of hydrogen-bond acceptors (Lipinski definition) is 8. The second-order valence-electron chi connectivity index (χ2n) is 9.60. The zero-order chi connectivity index (χ0) is 26.5. The Morgan fingerprint density at radius 3 is 1.75 bits per heavy atom. The lowest BCUT2D eigenvalue weighted by atomic mass is 10.1. The summed E-state index contributed by atoms with van der Waals surface area (Å²) < 4.78 is 48.9. The average molecular weight is 538 g/mol. The van der Waals surface area contributed by atoms with Crippen molar-refractivity contribution in [2.24, 2.45) is 0 Å². The highest BCUT2D eigenvalue weighted by molar-refractivity contribution is 7.48. The number of likely N-dealkylation sites (tertiary alicyclic amines) is 1. The van der Waals surface area contributed by atoms with Crippen molar-refractivity contribution in [3.8, 4) is 0 Å². The van der Waals surface area contributed by atoms with Gasteiger partial charge in [0.1, 0.15) is 6.10 Å². The molecule has 9 heteroatoms. The number of ether oxygens (including phenoxy) is 3. The quantitative estimate of drug-likeness (QED) is 0.0950. The van der Waals surface area contributed by atoms with Crippen LogP contribution in [0.25, 0.3) is 0 Å². The molecule has 1 aliphatic rings. The van der Waals surface area contributed by atoms with Crippen LogP contribution >= 0.6 is 7.82 Å². The Hall–Kier alpha value is -0.0500. The number of phosphoric acid groups is 1. The van der Waals surface area contributed by atoms with Crippen LogP contribution in [0.1, 0.15) is 98.8 Å². The lowest BCUT2D eigenvalue weighted by Gasteiger charge is -2.28. The van der Waals surface area contributed by atoms with Gasteiger partial charge in [0.05, 0.1) is 38.6 Å². The first-order chi connectivity index (χ1) is 17.5. The summed E-state index contributed by atoms with van der Waals surface area (Å²) in [7, 11) is -3.58. The molecule has 8 nitrogen and oxygen atoms in total. The van der Waals surface area contributed by atoms with E-state index in [0.29, 0.717) is 26.4 Å². The van der Waals surface area contributed by atoms with Crippen LogP contribution < -0.4 is 0 Å². The first-order valence-corrected chi connectivity index (χ1v) is 16.1. The summed E-state index contributed by atoms with van der Waals surface area (Å²) in [5.74, 6) is 0. The highest BCUT2D eigenvalue weighted by Gasteiger charge is 2.43. The van der Waals surface area contributed by atoms with Crippen molar-refractivity contribution in [2.75, 3.05) is 59.3 Å². The second-order valence-corrected chi connectivity index (χ2v) is 11.3. The van der Waals surface area contributed by atoms with Gasteiger partial charge in [0.2, 0.25) is 0 Å². The molecular formula is C27H56NO7P. The molecule has 1 heterocycles. The van der Waals surface area contributed by atoms with Gasteiger partial charge in [0.25, 0.3) is 0 Å². The van der Waals surface area contributed by atoms with E-state index in [9.17, 15) is 4.57 Å². The fourth-order valence-corrected chi connectivity index (χ4v) is 5.20. The third kappa shape index (κ3) is 14.2. The van der Waals surface area contributed by atoms with Gasteiger partial charge >= 0.3 is 7.82 Å². The molecule has 0 amide bonds. The summed E-state index contributed by atoms with van der Waals surface area (Å²) in [6.07, 6.45) is 9.89. The molecule has 0 unspecified atom stereocenters. The van der Waals surface area contributed by atoms with Gasteiger partial charge in [-0.3, -0.25) is 18.5 Å². The number of nitrogens with zero attached hydrogens (tertiary/aromatic N) is 1. The highest BCUT2D eigenvalue weighted by atomic mass is 31.2. The van der Waals surface area contributed by atoms with Gasteiger partial charge in [0, 0.05) is 32.9 Å². The first kappa shape index (κ1) is 34.0. The Kier molecular flexibility index (Phi) is 20.6. The van der Waals surface area contributed by atoms with E-state index in [1.54, 1.807) is 0 Å². The van der Waals surface area contributed by atoms with Crippen LogP contribution in [-0.2, 0) is 32.3 Å². The van der Waals surface area contributed by atoms with E-state index in [-0.39, 0.29) is 24.9 Å². The third-order valence-corrected chi connectivity index (χ3v) is 7.82. The molecule has 1 saturated heterocycles. The maximum absolute atomic E-state index is 13.2. The van der Waals surface area contributed by atoms with E-state index in [4.69, 9.17) is 27.8 Å². The Morgan fingerprint density at radius 2 is 1.17 bits per heavy atom. The van der Waals surface area contributed by atoms with E-state index >= 15 is 0 Å². The minimum absolute atomic E-state index is 0.0124. The van der Waals surface area contributed by atoms with Crippen LogP contribution in [0.4, 0.5) is 0 Å². The molecule has 0 bridgehead atoms. The minimum atomic E-state index is -3.58. The Bertz CT molecular complexity index is 540. The largest absolute Gasteiger partial charge is 0.474 e. The third-order valence-electron chi connectivity index (χ3n) is 6.32. The predicted octanol–water partition coefficient (Wildman–Crippen LogP) is 6.62. The zero-order valence-electron chi connectivity index (χ0n) is 23.9. The molecule has 1 rings (SSSR count). The van der Waals surface area contributed by atoms with Gasteiger partial charge in [-0.25, -0.2) is 4.57 Å². The lowest BCUT2D eigenvalue weighted by molar-refractivity contribution is -0.0710. The van der Waals surface area contributed by atoms with Crippen molar-refractivity contribution in [1.82, 2.24) is 4.90 Å². The standard InChI is InChI=1S/C27H56NO7P/c1-6-11-17-30-24-25-27(32-19-13-8-3)26(31-18-12-7-2)23-28(25)16-22-35-36(29,33-20-14-9-4)34-21-15-10-5/h25-27H,6-24H2,1-5H3/t25-,26-,27-/m1/s1. The first-order valence-electron chi connectivity index (χ1n) is 14.6. The van der Waals surface area contributed by atoms with Crippen molar-refractivity contribution in [1.29, 1.82) is 0 Å². The molecule has 0 radical (unpaired) electrons. The summed E-state index contributed by atoms with van der Waals surface area (Å²) in [5.41, 5.74) is 0. The van der Waals surface area contributed by atoms with Gasteiger partial charge < -0.3 is 14.2 Å². The van der Waals surface area contributed by atoms with E-state index in [1.807, 2.05) is 0 Å². The van der Waals surface area contributed by atoms with E-state index in [0.717, 1.165) is 90.6 Å². The molecule has 216 valence electrons. The summed E-state index contributed by atoms with van der Waals surface area (Å²) in [6, 6.07) is 0.0651. The smallest absolute Gasteiger partial charge is 0.380 e. The summed E-state index contributed by atoms with van der Waals surface area (Å²) in [5, 5.41) is 0. The lowest BCUT2D eigenvalue weighted by Crippen LogP contribution is -2.43. The summed E-state index contributed by atoms with van der Waals surface area (Å²) in [6.45, 7) is 15.8. The predicted molar refractivity (Wildman–Crippen MR) is 146 cm³/mol. The molecule has 1 aliphatic heterocycles. The minimum Gasteiger partial charge on any atom is -0.380 e. The van der Waals surface area contributed by atoms with Crippen molar-refractivity contribution in [3.63, 3.8) is 0 Å². The average Bonchev–Trinajstić information content (AvgIpc) is 3.18. The Morgan fingerprint density at radius 1 is 0.667 bits per heavy atom. The summed E-state index contributed by atoms with van der Waals surface area (Å²) in [4.78, 5) is 2.31. The van der Waals surface area contributed by atoms with Crippen LogP contribution in [0.15, 0.2) is 0 Å². The van der Waals surface area contributed by atoms with E-state index < -0.39 is 7.82 Å². The van der Waals surface area contributed by atoms with Crippen molar-refractivity contribution < 1.29 is 32.3 Å². The molecule has 0 N–H and O–H groups in total. The molecule has 0 saturated carbocycles. The van der Waals surface area contributed by atoms with Gasteiger partial charge in [0.15, 0.2) is 0 Å². The van der Waals surface area contributed by atoms with Crippen molar-refractivity contribution in [2.45, 2.75) is 117 Å². The maximum atomic E-state index is 13.2. The van der Waals surface area contributed by atoms with Crippen LogP contribution in [0.3, 0.4) is 0 Å². The topological polar surface area (TPSA) is 75.7 Å². The molecule has 0 aromatic carbocycles. The summed E-state index contributed by atoms with van der Waals surface area (Å²) >= 11 is 0. The number of hydrogen-bond donors (Lipinski definition) is 0. The van der Waals surface area contributed by atoms with Crippen LogP contribution in [-0.4, -0.2) is 82.5 Å². The second kappa shape index (κ2) is 21.8. The Labute approximate surface area is 221 Å². The Balaban J connectivity index is 2.83. The zero-order valence-corrected chi connectivity index (χ0v) is 24.8. The molecule has 0 aliphatic carbocycles. The highest BCUT2D eigenvalue weighted by Crippen LogP contribution is 2.49. The van der Waals surface area contributed by atoms with E-state index in [1.165, 1.54) is 0 Å². The maximum Gasteiger partial charge on any atom is 0.474 e. The molecular weight excluding hydrogens is 481 g/mol. The number of rotatable bonds is 25. The molecule has 0 aromatic heterocycles. The van der Waals surface area contributed by atoms with Crippen LogP contribution in [0.5, 0.6) is 0 Å². The van der Waals surface area contributed by atoms with Crippen LogP contribution in [0.2, 0.25) is 0 Å². The molecule has 0 aromatic rings. The monoisotopic (exact) mass is 537 g/mol. The number of phosphoric ester groups is 1. The SMILES string of the molecule is CCCCOC[C@@H]1[C@@H](OCCCC)[C@H](OCCCC)CN1CCOP(=O)(OCCCC)OCCCC. The van der Waals surface area contributed by atoms with Gasteiger partial charge in [-0.1, -0.05) is 66.7 Å². The van der Waals surface area contributed by atoms with E-state index in [2.05, 4.69) is 39.5 Å². The molecule has 36 heavy (non-hydrogen) atoms. The van der Waals surface area contributed by atoms with Crippen molar-refractivity contribution in [3.05, 3.63) is 0 Å². The van der Waals surface area contributed by atoms with Crippen LogP contribution in [0, 0.1) is 0 Å². The van der Waals surface area contributed by atoms with Gasteiger partial charge in [-0.05, 0) is 32.1 Å². The molecule has 0 spiro atoms. The van der Waals surface area contributed by atoms with Gasteiger partial charge in [-0.2, -0.15) is 0 Å². The molecule has 1 fully saturated rings. The number of unbranched alkanes of at least 4 members (excludes halogenated alkanes) is 5. The fraction of sp³-hybridized carbons (Fsp3) is 1.00. The van der Waals surface area contributed by atoms with Crippen molar-refractivity contribution >= 4 is 7.82 Å². The van der Waals surface area contributed by atoms with Gasteiger partial charge in [-0.15, -0.1) is 0 Å². The molecule has 3 atom stereocenters.